The first kappa shape index (κ1) is 17.5. The van der Waals surface area contributed by atoms with Crippen molar-refractivity contribution in [3.05, 3.63) is 28.2 Å². The van der Waals surface area contributed by atoms with Gasteiger partial charge in [0.05, 0.1) is 6.61 Å². The zero-order valence-corrected chi connectivity index (χ0v) is 14.4. The molecule has 1 aromatic rings. The van der Waals surface area contributed by atoms with Crippen LogP contribution < -0.4 is 10.6 Å². The summed E-state index contributed by atoms with van der Waals surface area (Å²) < 4.78 is 6.40. The van der Waals surface area contributed by atoms with Gasteiger partial charge in [-0.1, -0.05) is 35.8 Å². The fraction of sp³-hybridized carbons (Fsp3) is 0.625. The Balaban J connectivity index is 2.97. The van der Waals surface area contributed by atoms with Crippen LogP contribution in [0.25, 0.3) is 0 Å². The number of nitrogens with two attached hydrogens (primary N) is 1. The van der Waals surface area contributed by atoms with Gasteiger partial charge >= 0.3 is 0 Å². The summed E-state index contributed by atoms with van der Waals surface area (Å²) in [6.45, 7) is 6.83. The second-order valence-corrected chi connectivity index (χ2v) is 5.83. The van der Waals surface area contributed by atoms with Gasteiger partial charge in [0.1, 0.15) is 0 Å². The van der Waals surface area contributed by atoms with Crippen LogP contribution >= 0.6 is 15.9 Å². The molecule has 1 rings (SSSR count). The Morgan fingerprint density at radius 3 is 2.50 bits per heavy atom. The predicted molar refractivity (Wildman–Crippen MR) is 90.5 cm³/mol. The molecule has 0 fully saturated rings. The quantitative estimate of drug-likeness (QED) is 0.745. The van der Waals surface area contributed by atoms with E-state index < -0.39 is 0 Å². The average molecular weight is 343 g/mol. The summed E-state index contributed by atoms with van der Waals surface area (Å²) in [5.41, 5.74) is 8.16. The lowest BCUT2D eigenvalue weighted by molar-refractivity contribution is 0.202. The Hall–Kier alpha value is -0.580. The highest BCUT2D eigenvalue weighted by Gasteiger charge is 2.16. The van der Waals surface area contributed by atoms with Gasteiger partial charge in [0.15, 0.2) is 0 Å². The third kappa shape index (κ3) is 4.76. The number of benzene rings is 1. The molecule has 0 bridgehead atoms. The molecule has 0 amide bonds. The lowest BCUT2D eigenvalue weighted by Crippen LogP contribution is -2.37. The van der Waals surface area contributed by atoms with Crippen LogP contribution in [-0.2, 0) is 11.2 Å². The molecule has 0 unspecified atom stereocenters. The highest BCUT2D eigenvalue weighted by Crippen LogP contribution is 2.27. The number of nitrogens with zero attached hydrogens (tertiary/aromatic N) is 1. The smallest absolute Gasteiger partial charge is 0.0637 e. The summed E-state index contributed by atoms with van der Waals surface area (Å²) in [7, 11) is 1.76. The molecule has 2 N–H and O–H groups in total. The van der Waals surface area contributed by atoms with Gasteiger partial charge in [0.2, 0.25) is 0 Å². The van der Waals surface area contributed by atoms with Gasteiger partial charge in [-0.2, -0.15) is 0 Å². The largest absolute Gasteiger partial charge is 0.383 e. The first-order chi connectivity index (χ1) is 9.67. The Morgan fingerprint density at radius 1 is 1.30 bits per heavy atom. The standard InChI is InChI=1S/C16H27BrN2O/c1-4-14(5-2)19(10-11-20-3)15-7-6-13(8-9-18)16(17)12-15/h6-7,12,14H,4-5,8-11,18H2,1-3H3. The van der Waals surface area contributed by atoms with Crippen LogP contribution in [0.4, 0.5) is 5.69 Å². The molecule has 20 heavy (non-hydrogen) atoms. The summed E-state index contributed by atoms with van der Waals surface area (Å²) in [6, 6.07) is 7.13. The lowest BCUT2D eigenvalue weighted by Gasteiger charge is -2.33. The highest BCUT2D eigenvalue weighted by molar-refractivity contribution is 9.10. The molecule has 0 radical (unpaired) electrons. The van der Waals surface area contributed by atoms with Gasteiger partial charge in [0.25, 0.3) is 0 Å². The molecular weight excluding hydrogens is 316 g/mol. The van der Waals surface area contributed by atoms with Crippen LogP contribution in [-0.4, -0.2) is 32.8 Å². The van der Waals surface area contributed by atoms with E-state index in [4.69, 9.17) is 10.5 Å². The minimum atomic E-state index is 0.553. The van der Waals surface area contributed by atoms with E-state index in [-0.39, 0.29) is 0 Å². The molecular formula is C16H27BrN2O. The maximum atomic E-state index is 5.64. The van der Waals surface area contributed by atoms with Gasteiger partial charge in [-0.15, -0.1) is 0 Å². The zero-order chi connectivity index (χ0) is 15.0. The third-order valence-electron chi connectivity index (χ3n) is 3.70. The van der Waals surface area contributed by atoms with Crippen LogP contribution in [0.5, 0.6) is 0 Å². The van der Waals surface area contributed by atoms with Crippen molar-refractivity contribution in [2.45, 2.75) is 39.2 Å². The summed E-state index contributed by atoms with van der Waals surface area (Å²) >= 11 is 3.66. The van der Waals surface area contributed by atoms with Crippen LogP contribution in [0, 0.1) is 0 Å². The zero-order valence-electron chi connectivity index (χ0n) is 12.9. The van der Waals surface area contributed by atoms with Crippen molar-refractivity contribution in [2.75, 3.05) is 31.7 Å². The van der Waals surface area contributed by atoms with Gasteiger partial charge in [-0.3, -0.25) is 0 Å². The molecule has 0 heterocycles. The first-order valence-corrected chi connectivity index (χ1v) is 8.21. The van der Waals surface area contributed by atoms with E-state index in [1.54, 1.807) is 7.11 Å². The maximum absolute atomic E-state index is 5.64. The molecule has 0 saturated heterocycles. The maximum Gasteiger partial charge on any atom is 0.0637 e. The number of ether oxygens (including phenoxy) is 1. The molecule has 114 valence electrons. The van der Waals surface area contributed by atoms with E-state index in [0.717, 1.165) is 36.9 Å². The van der Waals surface area contributed by atoms with Crippen LogP contribution in [0.3, 0.4) is 0 Å². The number of hydrogen-bond donors (Lipinski definition) is 1. The van der Waals surface area contributed by atoms with Gasteiger partial charge in [-0.25, -0.2) is 0 Å². The van der Waals surface area contributed by atoms with Crippen molar-refractivity contribution in [1.29, 1.82) is 0 Å². The second kappa shape index (κ2) is 9.37. The van der Waals surface area contributed by atoms with Crippen LogP contribution in [0.15, 0.2) is 22.7 Å². The van der Waals surface area contributed by atoms with Crippen molar-refractivity contribution in [2.24, 2.45) is 5.73 Å². The minimum absolute atomic E-state index is 0.553. The number of halogens is 1. The predicted octanol–water partition coefficient (Wildman–Crippen LogP) is 3.59. The SMILES string of the molecule is CCC(CC)N(CCOC)c1ccc(CCN)c(Br)c1. The van der Waals surface area contributed by atoms with E-state index in [1.807, 2.05) is 0 Å². The molecule has 0 aliphatic rings. The normalized spacial score (nSPS) is 11.1. The van der Waals surface area contributed by atoms with E-state index in [0.29, 0.717) is 12.6 Å². The fourth-order valence-electron chi connectivity index (χ4n) is 2.51. The first-order valence-electron chi connectivity index (χ1n) is 7.41. The van der Waals surface area contributed by atoms with Crippen LogP contribution in [0.2, 0.25) is 0 Å². The van der Waals surface area contributed by atoms with Crippen molar-refractivity contribution in [1.82, 2.24) is 0 Å². The van der Waals surface area contributed by atoms with Crippen LogP contribution in [0.1, 0.15) is 32.3 Å². The molecule has 1 aromatic carbocycles. The second-order valence-electron chi connectivity index (χ2n) is 4.97. The minimum Gasteiger partial charge on any atom is -0.383 e. The van der Waals surface area contributed by atoms with E-state index >= 15 is 0 Å². The van der Waals surface area contributed by atoms with E-state index in [9.17, 15) is 0 Å². The molecule has 0 atom stereocenters. The van der Waals surface area contributed by atoms with Gasteiger partial charge in [-0.05, 0) is 43.5 Å². The average Bonchev–Trinajstić information content (AvgIpc) is 2.46. The fourth-order valence-corrected chi connectivity index (χ4v) is 3.08. The monoisotopic (exact) mass is 342 g/mol. The number of hydrogen-bond acceptors (Lipinski definition) is 3. The van der Waals surface area contributed by atoms with Crippen molar-refractivity contribution in [3.8, 4) is 0 Å². The molecule has 0 aromatic heterocycles. The topological polar surface area (TPSA) is 38.5 Å². The number of anilines is 1. The summed E-state index contributed by atoms with van der Waals surface area (Å²) in [6.07, 6.45) is 3.19. The van der Waals surface area contributed by atoms with Gasteiger partial charge in [0, 0.05) is 29.9 Å². The Kier molecular flexibility index (Phi) is 8.19. The molecule has 4 heteroatoms. The van der Waals surface area contributed by atoms with Crippen molar-refractivity contribution >= 4 is 21.6 Å². The Labute approximate surface area is 131 Å². The Morgan fingerprint density at radius 2 is 2.00 bits per heavy atom. The number of methoxy groups -OCH3 is 1. The molecule has 0 spiro atoms. The lowest BCUT2D eigenvalue weighted by atomic mass is 10.1. The molecule has 0 saturated carbocycles. The van der Waals surface area contributed by atoms with Crippen molar-refractivity contribution < 1.29 is 4.74 Å². The molecule has 0 aliphatic carbocycles. The highest BCUT2D eigenvalue weighted by atomic mass is 79.9. The molecule has 3 nitrogen and oxygen atoms in total. The third-order valence-corrected chi connectivity index (χ3v) is 4.44. The number of rotatable bonds is 9. The van der Waals surface area contributed by atoms with Gasteiger partial charge < -0.3 is 15.4 Å². The summed E-state index contributed by atoms with van der Waals surface area (Å²) in [5.74, 6) is 0. The van der Waals surface area contributed by atoms with E-state index in [2.05, 4.69) is 52.9 Å². The summed E-state index contributed by atoms with van der Waals surface area (Å²) in [4.78, 5) is 2.44. The van der Waals surface area contributed by atoms with Crippen molar-refractivity contribution in [3.63, 3.8) is 0 Å². The van der Waals surface area contributed by atoms with E-state index in [1.165, 1.54) is 11.3 Å². The summed E-state index contributed by atoms with van der Waals surface area (Å²) in [5, 5.41) is 0. The Bertz CT molecular complexity index is 394. The molecule has 0 aliphatic heterocycles.